The molecule has 0 bridgehead atoms. The Morgan fingerprint density at radius 1 is 1.18 bits per heavy atom. The molecule has 0 fully saturated rings. The first-order chi connectivity index (χ1) is 8.25. The number of aryl methyl sites for hydroxylation is 1. The second-order valence-electron chi connectivity index (χ2n) is 3.82. The Morgan fingerprint density at radius 3 is 2.88 bits per heavy atom. The van der Waals surface area contributed by atoms with E-state index in [0.29, 0.717) is 0 Å². The Kier molecular flexibility index (Phi) is 2.30. The van der Waals surface area contributed by atoms with E-state index in [1.807, 2.05) is 12.1 Å². The van der Waals surface area contributed by atoms with Crippen LogP contribution in [-0.2, 0) is 7.05 Å². The van der Waals surface area contributed by atoms with Crippen LogP contribution in [0, 0.1) is 0 Å². The Hall–Kier alpha value is -1.94. The molecular formula is C13H10N2OS. The highest BCUT2D eigenvalue weighted by molar-refractivity contribution is 7.17. The van der Waals surface area contributed by atoms with Gasteiger partial charge in [-0.05, 0) is 22.9 Å². The highest BCUT2D eigenvalue weighted by Crippen LogP contribution is 2.30. The van der Waals surface area contributed by atoms with E-state index in [4.69, 9.17) is 0 Å². The molecule has 3 rings (SSSR count). The Labute approximate surface area is 102 Å². The first-order valence-electron chi connectivity index (χ1n) is 5.27. The molecule has 0 N–H and O–H groups in total. The molecule has 0 saturated carbocycles. The molecule has 2 heterocycles. The lowest BCUT2D eigenvalue weighted by atomic mass is 10.1. The quantitative estimate of drug-likeness (QED) is 0.657. The smallest absolute Gasteiger partial charge is 0.266 e. The van der Waals surface area contributed by atoms with Crippen molar-refractivity contribution in [3.8, 4) is 11.3 Å². The summed E-state index contributed by atoms with van der Waals surface area (Å²) in [6.07, 6.45) is 0. The summed E-state index contributed by atoms with van der Waals surface area (Å²) in [5.74, 6) is 0. The average Bonchev–Trinajstić information content (AvgIpc) is 2.80. The van der Waals surface area contributed by atoms with Gasteiger partial charge >= 0.3 is 0 Å². The Morgan fingerprint density at radius 2 is 2.06 bits per heavy atom. The zero-order chi connectivity index (χ0) is 11.8. The second kappa shape index (κ2) is 3.82. The molecule has 0 spiro atoms. The fourth-order valence-electron chi connectivity index (χ4n) is 1.84. The maximum atomic E-state index is 11.3. The van der Waals surface area contributed by atoms with Gasteiger partial charge < -0.3 is 0 Å². The van der Waals surface area contributed by atoms with Crippen LogP contribution in [0.2, 0.25) is 0 Å². The van der Waals surface area contributed by atoms with Crippen molar-refractivity contribution in [2.45, 2.75) is 0 Å². The van der Waals surface area contributed by atoms with Crippen LogP contribution in [0.15, 0.2) is 46.6 Å². The Bertz CT molecular complexity index is 742. The van der Waals surface area contributed by atoms with E-state index < -0.39 is 0 Å². The van der Waals surface area contributed by atoms with E-state index >= 15 is 0 Å². The van der Waals surface area contributed by atoms with E-state index in [0.717, 1.165) is 11.3 Å². The van der Waals surface area contributed by atoms with Gasteiger partial charge in [0.15, 0.2) is 0 Å². The lowest BCUT2D eigenvalue weighted by Gasteiger charge is -2.03. The van der Waals surface area contributed by atoms with Crippen LogP contribution in [0.5, 0.6) is 0 Å². The summed E-state index contributed by atoms with van der Waals surface area (Å²) < 4.78 is 2.57. The van der Waals surface area contributed by atoms with E-state index in [9.17, 15) is 4.79 Å². The number of thiophene rings is 1. The lowest BCUT2D eigenvalue weighted by Crippen LogP contribution is -2.18. The van der Waals surface area contributed by atoms with Crippen molar-refractivity contribution in [1.29, 1.82) is 0 Å². The maximum absolute atomic E-state index is 11.3. The first kappa shape index (κ1) is 10.2. The molecular weight excluding hydrogens is 232 g/mol. The molecule has 1 aromatic carbocycles. The number of hydrogen-bond acceptors (Lipinski definition) is 3. The molecule has 2 aromatic heterocycles. The predicted molar refractivity (Wildman–Crippen MR) is 70.3 cm³/mol. The molecule has 0 atom stereocenters. The minimum Gasteiger partial charge on any atom is -0.268 e. The van der Waals surface area contributed by atoms with Gasteiger partial charge in [0.1, 0.15) is 0 Å². The fraction of sp³-hybridized carbons (Fsp3) is 0.0769. The number of aromatic nitrogens is 2. The molecule has 0 radical (unpaired) electrons. The van der Waals surface area contributed by atoms with Gasteiger partial charge in [-0.2, -0.15) is 5.10 Å². The maximum Gasteiger partial charge on any atom is 0.266 e. The van der Waals surface area contributed by atoms with Crippen LogP contribution >= 0.6 is 11.3 Å². The van der Waals surface area contributed by atoms with Gasteiger partial charge in [-0.3, -0.25) is 4.79 Å². The van der Waals surface area contributed by atoms with Crippen LogP contribution in [0.1, 0.15) is 0 Å². The third kappa shape index (κ3) is 1.66. The molecule has 4 heteroatoms. The molecule has 3 nitrogen and oxygen atoms in total. The fourth-order valence-corrected chi connectivity index (χ4v) is 2.76. The predicted octanol–water partition coefficient (Wildman–Crippen LogP) is 2.66. The highest BCUT2D eigenvalue weighted by atomic mass is 32.1. The van der Waals surface area contributed by atoms with Gasteiger partial charge in [-0.15, -0.1) is 11.3 Å². The van der Waals surface area contributed by atoms with Gasteiger partial charge in [-0.1, -0.05) is 18.2 Å². The third-order valence-corrected chi connectivity index (χ3v) is 3.68. The van der Waals surface area contributed by atoms with Crippen molar-refractivity contribution >= 4 is 21.4 Å². The molecule has 0 aliphatic carbocycles. The number of nitrogens with zero attached hydrogens (tertiary/aromatic N) is 2. The van der Waals surface area contributed by atoms with Crippen molar-refractivity contribution < 1.29 is 0 Å². The summed E-state index contributed by atoms with van der Waals surface area (Å²) in [4.78, 5) is 11.3. The van der Waals surface area contributed by atoms with Crippen molar-refractivity contribution in [1.82, 2.24) is 9.78 Å². The number of fused-ring (bicyclic) bond motifs is 1. The summed E-state index contributed by atoms with van der Waals surface area (Å²) >= 11 is 1.69. The molecule has 17 heavy (non-hydrogen) atoms. The van der Waals surface area contributed by atoms with E-state index in [-0.39, 0.29) is 5.56 Å². The molecule has 84 valence electrons. The summed E-state index contributed by atoms with van der Waals surface area (Å²) in [7, 11) is 1.67. The summed E-state index contributed by atoms with van der Waals surface area (Å²) in [5.41, 5.74) is 1.82. The number of hydrogen-bond donors (Lipinski definition) is 0. The Balaban J connectivity index is 2.30. The van der Waals surface area contributed by atoms with Crippen molar-refractivity contribution in [3.63, 3.8) is 0 Å². The van der Waals surface area contributed by atoms with Crippen LogP contribution < -0.4 is 5.56 Å². The molecule has 0 amide bonds. The van der Waals surface area contributed by atoms with Crippen molar-refractivity contribution in [3.05, 3.63) is 52.1 Å². The average molecular weight is 242 g/mol. The van der Waals surface area contributed by atoms with E-state index in [2.05, 4.69) is 22.6 Å². The van der Waals surface area contributed by atoms with Crippen molar-refractivity contribution in [2.75, 3.05) is 0 Å². The van der Waals surface area contributed by atoms with Gasteiger partial charge in [0.2, 0.25) is 0 Å². The van der Waals surface area contributed by atoms with E-state index in [1.54, 1.807) is 30.5 Å². The first-order valence-corrected chi connectivity index (χ1v) is 6.14. The van der Waals surface area contributed by atoms with Gasteiger partial charge in [-0.25, -0.2) is 4.68 Å². The van der Waals surface area contributed by atoms with E-state index in [1.165, 1.54) is 14.8 Å². The standard InChI is InChI=1S/C13H10N2OS/c1-15-12(16)6-5-11(14-15)10-4-2-3-9-7-8-17-13(9)10/h2-8H,1H3. The van der Waals surface area contributed by atoms with Crippen LogP contribution in [-0.4, -0.2) is 9.78 Å². The summed E-state index contributed by atoms with van der Waals surface area (Å²) in [6, 6.07) is 11.5. The monoisotopic (exact) mass is 242 g/mol. The number of benzene rings is 1. The third-order valence-electron chi connectivity index (χ3n) is 2.72. The van der Waals surface area contributed by atoms with Crippen LogP contribution in [0.25, 0.3) is 21.3 Å². The zero-order valence-electron chi connectivity index (χ0n) is 9.25. The molecule has 0 unspecified atom stereocenters. The second-order valence-corrected chi connectivity index (χ2v) is 4.74. The molecule has 0 aliphatic rings. The van der Waals surface area contributed by atoms with Gasteiger partial charge in [0.05, 0.1) is 5.69 Å². The minimum atomic E-state index is -0.0906. The van der Waals surface area contributed by atoms with Crippen LogP contribution in [0.3, 0.4) is 0 Å². The summed E-state index contributed by atoms with van der Waals surface area (Å²) in [6.45, 7) is 0. The minimum absolute atomic E-state index is 0.0906. The highest BCUT2D eigenvalue weighted by Gasteiger charge is 2.06. The van der Waals surface area contributed by atoms with Crippen molar-refractivity contribution in [2.24, 2.45) is 7.05 Å². The topological polar surface area (TPSA) is 34.9 Å². The zero-order valence-corrected chi connectivity index (χ0v) is 10.1. The summed E-state index contributed by atoms with van der Waals surface area (Å²) in [5, 5.41) is 7.56. The van der Waals surface area contributed by atoms with Gasteiger partial charge in [0.25, 0.3) is 5.56 Å². The molecule has 0 saturated heterocycles. The largest absolute Gasteiger partial charge is 0.268 e. The van der Waals surface area contributed by atoms with Crippen LogP contribution in [0.4, 0.5) is 0 Å². The lowest BCUT2D eigenvalue weighted by molar-refractivity contribution is 0.712. The van der Waals surface area contributed by atoms with Gasteiger partial charge in [0, 0.05) is 23.4 Å². The number of rotatable bonds is 1. The SMILES string of the molecule is Cn1nc(-c2cccc3ccsc23)ccc1=O. The molecule has 0 aliphatic heterocycles. The normalized spacial score (nSPS) is 10.9. The molecule has 3 aromatic rings.